The Bertz CT molecular complexity index is 918. The lowest BCUT2D eigenvalue weighted by atomic mass is 10.2. The van der Waals surface area contributed by atoms with Gasteiger partial charge in [0.05, 0.1) is 18.3 Å². The second-order valence-electron chi connectivity index (χ2n) is 5.27. The summed E-state index contributed by atoms with van der Waals surface area (Å²) < 4.78 is 1.67. The Morgan fingerprint density at radius 3 is 2.91 bits per heavy atom. The lowest BCUT2D eigenvalue weighted by molar-refractivity contribution is -0.116. The Morgan fingerprint density at radius 2 is 2.09 bits per heavy atom. The molecule has 1 N–H and O–H groups in total. The molecule has 6 heteroatoms. The number of para-hydroxylation sites is 1. The Morgan fingerprint density at radius 1 is 1.26 bits per heavy atom. The number of hydrogen-bond acceptors (Lipinski definition) is 4. The molecule has 0 unspecified atom stereocenters. The van der Waals surface area contributed by atoms with Crippen molar-refractivity contribution < 1.29 is 4.79 Å². The van der Waals surface area contributed by atoms with Gasteiger partial charge in [-0.05, 0) is 36.8 Å². The van der Waals surface area contributed by atoms with Crippen molar-refractivity contribution in [1.29, 1.82) is 0 Å². The fourth-order valence-corrected chi connectivity index (χ4v) is 2.36. The number of carbonyl (C=O) groups excluding carboxylic acids is 1. The molecule has 0 saturated carbocycles. The Kier molecular flexibility index (Phi) is 4.14. The first-order valence-corrected chi connectivity index (χ1v) is 7.31. The van der Waals surface area contributed by atoms with Crippen LogP contribution >= 0.6 is 0 Å². The molecular weight excluding hydrogens is 292 g/mol. The SMILES string of the molecule is Cc1ccnc(NC(=O)CCn2ncc(=O)c3ccccc32)c1. The summed E-state index contributed by atoms with van der Waals surface area (Å²) in [6.45, 7) is 2.33. The molecule has 116 valence electrons. The molecule has 23 heavy (non-hydrogen) atoms. The highest BCUT2D eigenvalue weighted by atomic mass is 16.1. The van der Waals surface area contributed by atoms with Crippen LogP contribution in [-0.2, 0) is 11.3 Å². The summed E-state index contributed by atoms with van der Waals surface area (Å²) in [5.41, 5.74) is 1.63. The highest BCUT2D eigenvalue weighted by molar-refractivity contribution is 5.89. The van der Waals surface area contributed by atoms with Crippen LogP contribution in [0.5, 0.6) is 0 Å². The number of pyridine rings is 1. The van der Waals surface area contributed by atoms with Gasteiger partial charge in [-0.3, -0.25) is 14.3 Å². The summed E-state index contributed by atoms with van der Waals surface area (Å²) in [6, 6.07) is 10.9. The number of nitrogens with one attached hydrogen (secondary N) is 1. The first-order valence-electron chi connectivity index (χ1n) is 7.31. The molecule has 0 spiro atoms. The van der Waals surface area contributed by atoms with Crippen molar-refractivity contribution in [2.45, 2.75) is 19.9 Å². The van der Waals surface area contributed by atoms with Gasteiger partial charge in [-0.15, -0.1) is 0 Å². The third-order valence-corrected chi connectivity index (χ3v) is 3.50. The molecule has 0 fully saturated rings. The van der Waals surface area contributed by atoms with Crippen molar-refractivity contribution in [2.24, 2.45) is 0 Å². The number of anilines is 1. The van der Waals surface area contributed by atoms with Crippen LogP contribution in [0.15, 0.2) is 53.6 Å². The van der Waals surface area contributed by atoms with Gasteiger partial charge in [0, 0.05) is 18.0 Å². The number of benzene rings is 1. The van der Waals surface area contributed by atoms with Crippen LogP contribution < -0.4 is 10.7 Å². The van der Waals surface area contributed by atoms with Gasteiger partial charge in [0.25, 0.3) is 0 Å². The number of hydrogen-bond donors (Lipinski definition) is 1. The molecule has 3 rings (SSSR count). The minimum atomic E-state index is -0.146. The van der Waals surface area contributed by atoms with E-state index in [2.05, 4.69) is 15.4 Å². The van der Waals surface area contributed by atoms with E-state index in [1.54, 1.807) is 16.9 Å². The van der Waals surface area contributed by atoms with Crippen LogP contribution in [0.3, 0.4) is 0 Å². The van der Waals surface area contributed by atoms with Crippen LogP contribution in [0.4, 0.5) is 5.82 Å². The quantitative estimate of drug-likeness (QED) is 0.801. The van der Waals surface area contributed by atoms with Crippen LogP contribution in [0.1, 0.15) is 12.0 Å². The summed E-state index contributed by atoms with van der Waals surface area (Å²) >= 11 is 0. The summed E-state index contributed by atoms with van der Waals surface area (Å²) in [5, 5.41) is 7.47. The zero-order valence-electron chi connectivity index (χ0n) is 12.7. The van der Waals surface area contributed by atoms with Crippen molar-refractivity contribution in [3.63, 3.8) is 0 Å². The van der Waals surface area contributed by atoms with E-state index in [1.807, 2.05) is 37.3 Å². The fraction of sp³-hybridized carbons (Fsp3) is 0.176. The molecular formula is C17H16N4O2. The van der Waals surface area contributed by atoms with Gasteiger partial charge in [0.2, 0.25) is 11.3 Å². The third kappa shape index (κ3) is 3.42. The molecule has 0 saturated heterocycles. The maximum Gasteiger partial charge on any atom is 0.227 e. The van der Waals surface area contributed by atoms with E-state index in [4.69, 9.17) is 0 Å². The molecule has 0 atom stereocenters. The predicted octanol–water partition coefficient (Wildman–Crippen LogP) is 2.13. The normalized spacial score (nSPS) is 10.7. The monoisotopic (exact) mass is 308 g/mol. The molecule has 0 radical (unpaired) electrons. The first-order chi connectivity index (χ1) is 11.1. The Labute approximate surface area is 132 Å². The van der Waals surface area contributed by atoms with Crippen molar-refractivity contribution in [3.8, 4) is 0 Å². The average Bonchev–Trinajstić information content (AvgIpc) is 2.54. The smallest absolute Gasteiger partial charge is 0.227 e. The zero-order chi connectivity index (χ0) is 16.2. The second kappa shape index (κ2) is 6.39. The fourth-order valence-electron chi connectivity index (χ4n) is 2.36. The summed E-state index contributed by atoms with van der Waals surface area (Å²) in [4.78, 5) is 27.9. The van der Waals surface area contributed by atoms with E-state index in [0.29, 0.717) is 17.7 Å². The number of fused-ring (bicyclic) bond motifs is 1. The van der Waals surface area contributed by atoms with Crippen LogP contribution in [0.2, 0.25) is 0 Å². The van der Waals surface area contributed by atoms with Crippen molar-refractivity contribution in [3.05, 3.63) is 64.6 Å². The molecule has 6 nitrogen and oxygen atoms in total. The lowest BCUT2D eigenvalue weighted by Crippen LogP contribution is -2.18. The number of aryl methyl sites for hydroxylation is 2. The molecule has 0 bridgehead atoms. The molecule has 2 heterocycles. The second-order valence-corrected chi connectivity index (χ2v) is 5.27. The highest BCUT2D eigenvalue weighted by Gasteiger charge is 2.07. The number of amides is 1. The average molecular weight is 308 g/mol. The highest BCUT2D eigenvalue weighted by Crippen LogP contribution is 2.09. The molecule has 0 aliphatic rings. The van der Waals surface area contributed by atoms with E-state index >= 15 is 0 Å². The third-order valence-electron chi connectivity index (χ3n) is 3.50. The molecule has 1 amide bonds. The van der Waals surface area contributed by atoms with Gasteiger partial charge < -0.3 is 5.32 Å². The predicted molar refractivity (Wildman–Crippen MR) is 88.2 cm³/mol. The Hall–Kier alpha value is -3.02. The Balaban J connectivity index is 1.72. The minimum Gasteiger partial charge on any atom is -0.311 e. The number of nitrogens with zero attached hydrogens (tertiary/aromatic N) is 3. The summed E-state index contributed by atoms with van der Waals surface area (Å²) in [6.07, 6.45) is 3.18. The number of rotatable bonds is 4. The number of carbonyl (C=O) groups is 1. The van der Waals surface area contributed by atoms with Crippen molar-refractivity contribution in [1.82, 2.24) is 14.8 Å². The van der Waals surface area contributed by atoms with Crippen LogP contribution in [0, 0.1) is 6.92 Å². The van der Waals surface area contributed by atoms with Gasteiger partial charge in [-0.25, -0.2) is 4.98 Å². The molecule has 0 aliphatic heterocycles. The standard InChI is InChI=1S/C17H16N4O2/c1-12-6-8-18-16(10-12)20-17(23)7-9-21-14-5-3-2-4-13(14)15(22)11-19-21/h2-6,8,10-11H,7,9H2,1H3,(H,18,20,23). The molecule has 2 aromatic heterocycles. The van der Waals surface area contributed by atoms with E-state index in [0.717, 1.165) is 11.1 Å². The number of aromatic nitrogens is 3. The zero-order valence-corrected chi connectivity index (χ0v) is 12.7. The first kappa shape index (κ1) is 14.9. The molecule has 3 aromatic rings. The van der Waals surface area contributed by atoms with E-state index in [1.165, 1.54) is 6.20 Å². The van der Waals surface area contributed by atoms with E-state index in [9.17, 15) is 9.59 Å². The largest absolute Gasteiger partial charge is 0.311 e. The van der Waals surface area contributed by atoms with E-state index in [-0.39, 0.29) is 17.8 Å². The van der Waals surface area contributed by atoms with Gasteiger partial charge in [-0.1, -0.05) is 12.1 Å². The van der Waals surface area contributed by atoms with Crippen molar-refractivity contribution in [2.75, 3.05) is 5.32 Å². The van der Waals surface area contributed by atoms with Crippen LogP contribution in [-0.4, -0.2) is 20.7 Å². The summed E-state index contributed by atoms with van der Waals surface area (Å²) in [7, 11) is 0. The van der Waals surface area contributed by atoms with Gasteiger partial charge in [0.1, 0.15) is 5.82 Å². The topological polar surface area (TPSA) is 76.9 Å². The van der Waals surface area contributed by atoms with Crippen LogP contribution in [0.25, 0.3) is 10.9 Å². The maximum absolute atomic E-state index is 12.0. The van der Waals surface area contributed by atoms with Crippen molar-refractivity contribution >= 4 is 22.6 Å². The maximum atomic E-state index is 12.0. The molecule has 0 aliphatic carbocycles. The molecule has 1 aromatic carbocycles. The lowest BCUT2D eigenvalue weighted by Gasteiger charge is -2.09. The minimum absolute atomic E-state index is 0.120. The van der Waals surface area contributed by atoms with Gasteiger partial charge in [0.15, 0.2) is 0 Å². The van der Waals surface area contributed by atoms with E-state index < -0.39 is 0 Å². The summed E-state index contributed by atoms with van der Waals surface area (Å²) in [5.74, 6) is 0.389. The van der Waals surface area contributed by atoms with Gasteiger partial charge in [-0.2, -0.15) is 5.10 Å². The van der Waals surface area contributed by atoms with Gasteiger partial charge >= 0.3 is 0 Å².